The molecule has 2 nitrogen and oxygen atoms in total. The molecular formula is C23H21NO. The molecule has 1 aliphatic heterocycles. The van der Waals surface area contributed by atoms with Crippen LogP contribution >= 0.6 is 0 Å². The topological polar surface area (TPSA) is 29.1 Å². The van der Waals surface area contributed by atoms with Crippen LogP contribution < -0.4 is 5.32 Å². The molecule has 3 unspecified atom stereocenters. The maximum atomic E-state index is 13.1. The van der Waals surface area contributed by atoms with Gasteiger partial charge in [-0.1, -0.05) is 91.0 Å². The molecular weight excluding hydrogens is 306 g/mol. The van der Waals surface area contributed by atoms with Crippen LogP contribution in [0.2, 0.25) is 0 Å². The minimum Gasteiger partial charge on any atom is -0.349 e. The second-order valence-corrected chi connectivity index (χ2v) is 6.61. The van der Waals surface area contributed by atoms with Crippen molar-refractivity contribution in [2.75, 3.05) is 0 Å². The molecule has 0 saturated carbocycles. The molecule has 3 aromatic rings. The van der Waals surface area contributed by atoms with Crippen LogP contribution in [0.25, 0.3) is 0 Å². The smallest absolute Gasteiger partial charge is 0.228 e. The van der Waals surface area contributed by atoms with Gasteiger partial charge in [-0.25, -0.2) is 0 Å². The second-order valence-electron chi connectivity index (χ2n) is 6.61. The lowest BCUT2D eigenvalue weighted by Gasteiger charge is -2.37. The fourth-order valence-electron chi connectivity index (χ4n) is 3.87. The van der Waals surface area contributed by atoms with Crippen LogP contribution in [-0.2, 0) is 4.79 Å². The Morgan fingerprint density at radius 2 is 1.12 bits per heavy atom. The predicted octanol–water partition coefficient (Wildman–Crippen LogP) is 4.82. The largest absolute Gasteiger partial charge is 0.349 e. The van der Waals surface area contributed by atoms with Gasteiger partial charge in [0, 0.05) is 5.92 Å². The summed E-state index contributed by atoms with van der Waals surface area (Å²) in [5, 5.41) is 3.24. The quantitative estimate of drug-likeness (QED) is 0.734. The van der Waals surface area contributed by atoms with Crippen LogP contribution in [0.4, 0.5) is 0 Å². The van der Waals surface area contributed by atoms with Crippen LogP contribution in [-0.4, -0.2) is 5.91 Å². The van der Waals surface area contributed by atoms with E-state index >= 15 is 0 Å². The van der Waals surface area contributed by atoms with Crippen molar-refractivity contribution < 1.29 is 4.79 Å². The van der Waals surface area contributed by atoms with E-state index in [1.807, 2.05) is 42.5 Å². The van der Waals surface area contributed by atoms with E-state index in [4.69, 9.17) is 0 Å². The Kier molecular flexibility index (Phi) is 4.34. The van der Waals surface area contributed by atoms with Gasteiger partial charge < -0.3 is 5.32 Å². The zero-order valence-electron chi connectivity index (χ0n) is 14.0. The van der Waals surface area contributed by atoms with Crippen molar-refractivity contribution in [1.29, 1.82) is 0 Å². The highest BCUT2D eigenvalue weighted by Crippen LogP contribution is 2.43. The summed E-state index contributed by atoms with van der Waals surface area (Å²) in [6.07, 6.45) is 0.902. The molecule has 1 fully saturated rings. The summed E-state index contributed by atoms with van der Waals surface area (Å²) in [7, 11) is 0. The van der Waals surface area contributed by atoms with Crippen molar-refractivity contribution in [1.82, 2.24) is 5.32 Å². The molecule has 0 radical (unpaired) electrons. The van der Waals surface area contributed by atoms with E-state index in [9.17, 15) is 4.79 Å². The molecule has 25 heavy (non-hydrogen) atoms. The Hall–Kier alpha value is -2.87. The average Bonchev–Trinajstić information content (AvgIpc) is 2.69. The van der Waals surface area contributed by atoms with Gasteiger partial charge in [0.05, 0.1) is 12.0 Å². The van der Waals surface area contributed by atoms with Crippen LogP contribution in [0.15, 0.2) is 91.0 Å². The van der Waals surface area contributed by atoms with Gasteiger partial charge in [0.2, 0.25) is 5.91 Å². The first kappa shape index (κ1) is 15.6. The molecule has 0 bridgehead atoms. The fourth-order valence-corrected chi connectivity index (χ4v) is 3.87. The zero-order chi connectivity index (χ0) is 17.1. The molecule has 3 atom stereocenters. The van der Waals surface area contributed by atoms with E-state index in [1.54, 1.807) is 0 Å². The van der Waals surface area contributed by atoms with Crippen LogP contribution in [0.1, 0.15) is 41.0 Å². The summed E-state index contributed by atoms with van der Waals surface area (Å²) in [5.74, 6) is 0.131. The number of nitrogens with one attached hydrogen (secondary N) is 1. The number of benzene rings is 3. The van der Waals surface area contributed by atoms with Crippen LogP contribution in [0.3, 0.4) is 0 Å². The third-order valence-electron chi connectivity index (χ3n) is 5.08. The highest BCUT2D eigenvalue weighted by molar-refractivity contribution is 5.86. The van der Waals surface area contributed by atoms with E-state index in [0.29, 0.717) is 0 Å². The number of carbonyl (C=O) groups is 1. The normalized spacial score (nSPS) is 23.0. The van der Waals surface area contributed by atoms with Crippen molar-refractivity contribution in [2.45, 2.75) is 24.3 Å². The Morgan fingerprint density at radius 3 is 1.68 bits per heavy atom. The first-order valence-electron chi connectivity index (χ1n) is 8.78. The Labute approximate surface area is 148 Å². The summed E-state index contributed by atoms with van der Waals surface area (Å²) in [4.78, 5) is 13.1. The highest BCUT2D eigenvalue weighted by Gasteiger charge is 2.38. The first-order valence-corrected chi connectivity index (χ1v) is 8.78. The van der Waals surface area contributed by atoms with Crippen LogP contribution in [0, 0.1) is 0 Å². The SMILES string of the molecule is O=C1NC(c2ccccc2)CC(c2ccccc2)C1c1ccccc1. The van der Waals surface area contributed by atoms with E-state index in [1.165, 1.54) is 11.1 Å². The highest BCUT2D eigenvalue weighted by atomic mass is 16.2. The zero-order valence-corrected chi connectivity index (χ0v) is 14.0. The van der Waals surface area contributed by atoms with Gasteiger partial charge in [0.1, 0.15) is 0 Å². The third-order valence-corrected chi connectivity index (χ3v) is 5.08. The van der Waals surface area contributed by atoms with Gasteiger partial charge in [-0.2, -0.15) is 0 Å². The summed E-state index contributed by atoms with van der Waals surface area (Å²) < 4.78 is 0. The van der Waals surface area contributed by atoms with E-state index < -0.39 is 0 Å². The van der Waals surface area contributed by atoms with Crippen molar-refractivity contribution >= 4 is 5.91 Å². The number of hydrogen-bond donors (Lipinski definition) is 1. The lowest BCUT2D eigenvalue weighted by Crippen LogP contribution is -2.41. The Morgan fingerprint density at radius 1 is 0.640 bits per heavy atom. The van der Waals surface area contributed by atoms with Gasteiger partial charge in [-0.3, -0.25) is 4.79 Å². The molecule has 1 aliphatic rings. The van der Waals surface area contributed by atoms with Gasteiger partial charge >= 0.3 is 0 Å². The minimum absolute atomic E-state index is 0.0545. The van der Waals surface area contributed by atoms with Crippen molar-refractivity contribution in [3.8, 4) is 0 Å². The second kappa shape index (κ2) is 6.94. The molecule has 1 N–H and O–H groups in total. The average molecular weight is 327 g/mol. The molecule has 124 valence electrons. The minimum atomic E-state index is -0.149. The number of piperidine rings is 1. The number of rotatable bonds is 3. The van der Waals surface area contributed by atoms with Gasteiger partial charge in [-0.05, 0) is 23.1 Å². The molecule has 1 heterocycles. The maximum Gasteiger partial charge on any atom is 0.228 e. The van der Waals surface area contributed by atoms with Gasteiger partial charge in [-0.15, -0.1) is 0 Å². The van der Waals surface area contributed by atoms with Gasteiger partial charge in [0.15, 0.2) is 0 Å². The maximum absolute atomic E-state index is 13.1. The van der Waals surface area contributed by atoms with Crippen molar-refractivity contribution in [2.24, 2.45) is 0 Å². The van der Waals surface area contributed by atoms with Crippen LogP contribution in [0.5, 0.6) is 0 Å². The van der Waals surface area contributed by atoms with Crippen molar-refractivity contribution in [3.05, 3.63) is 108 Å². The summed E-state index contributed by atoms with van der Waals surface area (Å²) in [6.45, 7) is 0. The molecule has 1 amide bonds. The lowest BCUT2D eigenvalue weighted by atomic mass is 9.73. The van der Waals surface area contributed by atoms with Crippen molar-refractivity contribution in [3.63, 3.8) is 0 Å². The third kappa shape index (κ3) is 3.20. The predicted molar refractivity (Wildman–Crippen MR) is 100 cm³/mol. The molecule has 2 heteroatoms. The monoisotopic (exact) mass is 327 g/mol. The van der Waals surface area contributed by atoms with E-state index in [2.05, 4.69) is 53.8 Å². The van der Waals surface area contributed by atoms with E-state index in [0.717, 1.165) is 12.0 Å². The standard InChI is InChI=1S/C23H21NO/c25-23-22(19-14-8-3-9-15-19)20(17-10-4-1-5-11-17)16-21(24-23)18-12-6-2-7-13-18/h1-15,20-22H,16H2,(H,24,25). The van der Waals surface area contributed by atoms with E-state index in [-0.39, 0.29) is 23.8 Å². The molecule has 0 spiro atoms. The number of carbonyl (C=O) groups excluding carboxylic acids is 1. The van der Waals surface area contributed by atoms with Gasteiger partial charge in [0.25, 0.3) is 0 Å². The molecule has 4 rings (SSSR count). The summed E-state index contributed by atoms with van der Waals surface area (Å²) in [5.41, 5.74) is 3.48. The summed E-state index contributed by atoms with van der Waals surface area (Å²) in [6, 6.07) is 30.9. The molecule has 0 aromatic heterocycles. The lowest BCUT2D eigenvalue weighted by molar-refractivity contribution is -0.125. The Balaban J connectivity index is 1.73. The number of amides is 1. The number of hydrogen-bond acceptors (Lipinski definition) is 1. The molecule has 0 aliphatic carbocycles. The fraction of sp³-hybridized carbons (Fsp3) is 0.174. The molecule has 1 saturated heterocycles. The first-order chi connectivity index (χ1) is 12.3. The molecule has 3 aromatic carbocycles. The summed E-state index contributed by atoms with van der Waals surface area (Å²) >= 11 is 0. The Bertz CT molecular complexity index is 830.